The number of piperidine rings is 1. The van der Waals surface area contributed by atoms with Gasteiger partial charge in [-0.2, -0.15) is 0 Å². The lowest BCUT2D eigenvalue weighted by molar-refractivity contribution is 0.0603. The van der Waals surface area contributed by atoms with Gasteiger partial charge in [-0.1, -0.05) is 29.8 Å². The van der Waals surface area contributed by atoms with Crippen LogP contribution in [-0.4, -0.2) is 23.4 Å². The number of benzene rings is 2. The van der Waals surface area contributed by atoms with Crippen molar-refractivity contribution >= 4 is 17.5 Å². The highest BCUT2D eigenvalue weighted by Crippen LogP contribution is 2.25. The monoisotopic (exact) mass is 349 g/mol. The van der Waals surface area contributed by atoms with Crippen LogP contribution in [-0.2, 0) is 6.42 Å². The first-order chi connectivity index (χ1) is 11.6. The number of carbonyl (C=O) groups is 1. The van der Waals surface area contributed by atoms with Crippen molar-refractivity contribution in [2.24, 2.45) is 0 Å². The van der Waals surface area contributed by atoms with Gasteiger partial charge >= 0.3 is 0 Å². The second kappa shape index (κ2) is 7.31. The number of amides is 1. The van der Waals surface area contributed by atoms with Gasteiger partial charge in [0, 0.05) is 17.6 Å². The molecule has 0 aromatic heterocycles. The maximum atomic E-state index is 14.0. The first-order valence-corrected chi connectivity index (χ1v) is 8.43. The fraction of sp³-hybridized carbons (Fsp3) is 0.316. The van der Waals surface area contributed by atoms with E-state index in [-0.39, 0.29) is 6.04 Å². The Kier molecular flexibility index (Phi) is 5.14. The number of halogens is 3. The van der Waals surface area contributed by atoms with Gasteiger partial charge < -0.3 is 4.90 Å². The van der Waals surface area contributed by atoms with E-state index >= 15 is 0 Å². The van der Waals surface area contributed by atoms with E-state index in [9.17, 15) is 13.6 Å². The Bertz CT molecular complexity index is 712. The van der Waals surface area contributed by atoms with Crippen molar-refractivity contribution in [3.05, 3.63) is 70.2 Å². The average molecular weight is 350 g/mol. The van der Waals surface area contributed by atoms with E-state index in [2.05, 4.69) is 0 Å². The number of likely N-dealkylation sites (tertiary alicyclic amines) is 1. The summed E-state index contributed by atoms with van der Waals surface area (Å²) in [5.41, 5.74) is 0.596. The lowest BCUT2D eigenvalue weighted by atomic mass is 9.94. The molecule has 1 aliphatic rings. The van der Waals surface area contributed by atoms with Crippen molar-refractivity contribution in [2.45, 2.75) is 31.7 Å². The molecule has 2 aromatic carbocycles. The molecule has 1 aliphatic heterocycles. The van der Waals surface area contributed by atoms with E-state index in [0.29, 0.717) is 18.0 Å². The normalized spacial score (nSPS) is 17.8. The van der Waals surface area contributed by atoms with Gasteiger partial charge in [0.1, 0.15) is 17.2 Å². The van der Waals surface area contributed by atoms with Gasteiger partial charge in [-0.05, 0) is 55.5 Å². The molecule has 0 spiro atoms. The smallest absolute Gasteiger partial charge is 0.260 e. The van der Waals surface area contributed by atoms with Crippen LogP contribution in [0.3, 0.4) is 0 Å². The van der Waals surface area contributed by atoms with Crippen LogP contribution in [0, 0.1) is 11.6 Å². The Labute approximate surface area is 145 Å². The molecule has 1 unspecified atom stereocenters. The van der Waals surface area contributed by atoms with Crippen molar-refractivity contribution < 1.29 is 13.6 Å². The number of hydrogen-bond donors (Lipinski definition) is 0. The molecule has 0 radical (unpaired) electrons. The molecule has 1 atom stereocenters. The maximum Gasteiger partial charge on any atom is 0.260 e. The van der Waals surface area contributed by atoms with Crippen LogP contribution in [0.5, 0.6) is 0 Å². The van der Waals surface area contributed by atoms with Gasteiger partial charge in [-0.15, -0.1) is 0 Å². The zero-order chi connectivity index (χ0) is 17.1. The minimum Gasteiger partial charge on any atom is -0.335 e. The fourth-order valence-corrected chi connectivity index (χ4v) is 3.34. The molecule has 2 nitrogen and oxygen atoms in total. The van der Waals surface area contributed by atoms with Gasteiger partial charge in [0.25, 0.3) is 5.91 Å². The Hall–Kier alpha value is -1.94. The number of carbonyl (C=O) groups excluding carboxylic acids is 1. The number of rotatable bonds is 3. The van der Waals surface area contributed by atoms with Crippen LogP contribution < -0.4 is 0 Å². The summed E-state index contributed by atoms with van der Waals surface area (Å²) in [5.74, 6) is -2.18. The van der Waals surface area contributed by atoms with Crippen LogP contribution in [0.15, 0.2) is 42.5 Å². The summed E-state index contributed by atoms with van der Waals surface area (Å²) >= 11 is 5.90. The van der Waals surface area contributed by atoms with Gasteiger partial charge in [0.05, 0.1) is 0 Å². The van der Waals surface area contributed by atoms with Crippen LogP contribution in [0.1, 0.15) is 35.2 Å². The molecule has 2 aromatic rings. The summed E-state index contributed by atoms with van der Waals surface area (Å²) in [5, 5.41) is 0.656. The largest absolute Gasteiger partial charge is 0.335 e. The standard InChI is InChI=1S/C19H18ClF2NO/c20-14-9-7-13(8-10-14)12-15-4-1-2-11-23(15)19(24)18-16(21)5-3-6-17(18)22/h3,5-10,15H,1-2,4,11-12H2. The highest BCUT2D eigenvalue weighted by molar-refractivity contribution is 6.30. The predicted octanol–water partition coefficient (Wildman–Crippen LogP) is 4.86. The van der Waals surface area contributed by atoms with Crippen molar-refractivity contribution in [1.82, 2.24) is 4.90 Å². The molecular formula is C19H18ClF2NO. The average Bonchev–Trinajstić information content (AvgIpc) is 2.57. The summed E-state index contributed by atoms with van der Waals surface area (Å²) < 4.78 is 27.9. The first kappa shape index (κ1) is 16.9. The molecular weight excluding hydrogens is 332 g/mol. The molecule has 24 heavy (non-hydrogen) atoms. The molecule has 5 heteroatoms. The second-order valence-corrected chi connectivity index (χ2v) is 6.51. The third-order valence-electron chi connectivity index (χ3n) is 4.45. The summed E-state index contributed by atoms with van der Waals surface area (Å²) in [4.78, 5) is 14.3. The van der Waals surface area contributed by atoms with E-state index in [4.69, 9.17) is 11.6 Å². The summed E-state index contributed by atoms with van der Waals surface area (Å²) in [6.07, 6.45) is 3.32. The highest BCUT2D eigenvalue weighted by atomic mass is 35.5. The molecule has 0 bridgehead atoms. The topological polar surface area (TPSA) is 20.3 Å². The minimum atomic E-state index is -0.809. The van der Waals surface area contributed by atoms with Gasteiger partial charge in [-0.3, -0.25) is 4.79 Å². The van der Waals surface area contributed by atoms with Crippen molar-refractivity contribution in [3.8, 4) is 0 Å². The Morgan fingerprint density at radius 3 is 2.42 bits per heavy atom. The van der Waals surface area contributed by atoms with E-state index in [0.717, 1.165) is 37.0 Å². The predicted molar refractivity (Wildman–Crippen MR) is 90.2 cm³/mol. The number of nitrogens with zero attached hydrogens (tertiary/aromatic N) is 1. The van der Waals surface area contributed by atoms with Crippen LogP contribution >= 0.6 is 11.6 Å². The Balaban J connectivity index is 1.84. The molecule has 1 saturated heterocycles. The third kappa shape index (κ3) is 3.59. The molecule has 1 amide bonds. The molecule has 0 N–H and O–H groups in total. The van der Waals surface area contributed by atoms with Gasteiger partial charge in [0.2, 0.25) is 0 Å². The zero-order valence-corrected chi connectivity index (χ0v) is 13.9. The van der Waals surface area contributed by atoms with E-state index in [1.165, 1.54) is 6.07 Å². The molecule has 126 valence electrons. The minimum absolute atomic E-state index is 0.0635. The summed E-state index contributed by atoms with van der Waals surface area (Å²) in [6.45, 7) is 0.519. The lowest BCUT2D eigenvalue weighted by Gasteiger charge is -2.36. The third-order valence-corrected chi connectivity index (χ3v) is 4.70. The quantitative estimate of drug-likeness (QED) is 0.775. The van der Waals surface area contributed by atoms with Crippen molar-refractivity contribution in [2.75, 3.05) is 6.54 Å². The van der Waals surface area contributed by atoms with Gasteiger partial charge in [0.15, 0.2) is 0 Å². The lowest BCUT2D eigenvalue weighted by Crippen LogP contribution is -2.45. The highest BCUT2D eigenvalue weighted by Gasteiger charge is 2.30. The second-order valence-electron chi connectivity index (χ2n) is 6.08. The maximum absolute atomic E-state index is 14.0. The summed E-state index contributed by atoms with van der Waals surface area (Å²) in [7, 11) is 0. The molecule has 0 saturated carbocycles. The first-order valence-electron chi connectivity index (χ1n) is 8.05. The zero-order valence-electron chi connectivity index (χ0n) is 13.1. The van der Waals surface area contributed by atoms with E-state index < -0.39 is 23.1 Å². The number of hydrogen-bond acceptors (Lipinski definition) is 1. The summed E-state index contributed by atoms with van der Waals surface area (Å²) in [6, 6.07) is 10.9. The van der Waals surface area contributed by atoms with Crippen molar-refractivity contribution in [3.63, 3.8) is 0 Å². The molecule has 0 aliphatic carbocycles. The SMILES string of the molecule is O=C(c1c(F)cccc1F)N1CCCCC1Cc1ccc(Cl)cc1. The van der Waals surface area contributed by atoms with Crippen LogP contribution in [0.4, 0.5) is 8.78 Å². The van der Waals surface area contributed by atoms with Crippen LogP contribution in [0.25, 0.3) is 0 Å². The molecule has 1 fully saturated rings. The Morgan fingerprint density at radius 2 is 1.75 bits per heavy atom. The van der Waals surface area contributed by atoms with Gasteiger partial charge in [-0.25, -0.2) is 8.78 Å². The fourth-order valence-electron chi connectivity index (χ4n) is 3.22. The van der Waals surface area contributed by atoms with Crippen molar-refractivity contribution in [1.29, 1.82) is 0 Å². The Morgan fingerprint density at radius 1 is 1.08 bits per heavy atom. The molecule has 1 heterocycles. The van der Waals surface area contributed by atoms with E-state index in [1.54, 1.807) is 4.90 Å². The van der Waals surface area contributed by atoms with Crippen LogP contribution in [0.2, 0.25) is 5.02 Å². The molecule has 3 rings (SSSR count). The van der Waals surface area contributed by atoms with E-state index in [1.807, 2.05) is 24.3 Å².